The lowest BCUT2D eigenvalue weighted by Crippen LogP contribution is -2.38. The molecule has 1 aromatic rings. The van der Waals surface area contributed by atoms with Crippen molar-refractivity contribution in [3.05, 3.63) is 35.4 Å². The van der Waals surface area contributed by atoms with Crippen molar-refractivity contribution < 1.29 is 5.11 Å². The van der Waals surface area contributed by atoms with E-state index in [2.05, 4.69) is 44.8 Å². The van der Waals surface area contributed by atoms with Gasteiger partial charge in [-0.3, -0.25) is 9.89 Å². The van der Waals surface area contributed by atoms with Crippen molar-refractivity contribution >= 4 is 5.96 Å². The van der Waals surface area contributed by atoms with E-state index in [0.717, 1.165) is 45.0 Å². The second-order valence-electron chi connectivity index (χ2n) is 6.62. The molecule has 0 aromatic heterocycles. The van der Waals surface area contributed by atoms with Crippen LogP contribution in [0.3, 0.4) is 0 Å². The molecule has 3 N–H and O–H groups in total. The van der Waals surface area contributed by atoms with Crippen LogP contribution in [0.5, 0.6) is 0 Å². The zero-order chi connectivity index (χ0) is 16.1. The van der Waals surface area contributed by atoms with Crippen molar-refractivity contribution in [2.75, 3.05) is 20.1 Å². The Labute approximate surface area is 138 Å². The summed E-state index contributed by atoms with van der Waals surface area (Å²) >= 11 is 0. The Kier molecular flexibility index (Phi) is 5.51. The lowest BCUT2D eigenvalue weighted by Gasteiger charge is -2.30. The van der Waals surface area contributed by atoms with Crippen LogP contribution in [0.2, 0.25) is 0 Å². The monoisotopic (exact) mass is 316 g/mol. The number of aliphatic imine (C=N–C) groups is 1. The fourth-order valence-corrected chi connectivity index (χ4v) is 3.00. The normalized spacial score (nSPS) is 20.5. The molecule has 1 aliphatic heterocycles. The van der Waals surface area contributed by atoms with Gasteiger partial charge in [0.2, 0.25) is 0 Å². The molecule has 2 fully saturated rings. The molecule has 5 heteroatoms. The third-order valence-corrected chi connectivity index (χ3v) is 4.66. The topological polar surface area (TPSA) is 59.9 Å². The minimum absolute atomic E-state index is 0.111. The number of aliphatic hydroxyl groups is 1. The third kappa shape index (κ3) is 4.94. The Balaban J connectivity index is 1.56. The maximum Gasteiger partial charge on any atom is 0.191 e. The van der Waals surface area contributed by atoms with Crippen LogP contribution in [0.15, 0.2) is 29.3 Å². The number of aliphatic hydroxyl groups excluding tert-OH is 1. The van der Waals surface area contributed by atoms with E-state index in [1.165, 1.54) is 24.0 Å². The Morgan fingerprint density at radius 2 is 1.87 bits per heavy atom. The lowest BCUT2D eigenvalue weighted by molar-refractivity contribution is 0.0791. The van der Waals surface area contributed by atoms with Crippen molar-refractivity contribution in [1.29, 1.82) is 0 Å². The Bertz CT molecular complexity index is 534. The van der Waals surface area contributed by atoms with Crippen LogP contribution < -0.4 is 10.6 Å². The van der Waals surface area contributed by atoms with Crippen LogP contribution in [0.4, 0.5) is 0 Å². The van der Waals surface area contributed by atoms with E-state index in [4.69, 9.17) is 0 Å². The van der Waals surface area contributed by atoms with Crippen molar-refractivity contribution in [3.8, 4) is 0 Å². The van der Waals surface area contributed by atoms with Gasteiger partial charge in [0.15, 0.2) is 5.96 Å². The van der Waals surface area contributed by atoms with Gasteiger partial charge in [-0.05, 0) is 36.8 Å². The molecule has 1 heterocycles. The van der Waals surface area contributed by atoms with Gasteiger partial charge in [-0.1, -0.05) is 24.3 Å². The first kappa shape index (κ1) is 16.3. The molecular weight excluding hydrogens is 288 g/mol. The van der Waals surface area contributed by atoms with Gasteiger partial charge in [-0.2, -0.15) is 0 Å². The minimum atomic E-state index is -0.111. The van der Waals surface area contributed by atoms with Gasteiger partial charge < -0.3 is 15.7 Å². The van der Waals surface area contributed by atoms with E-state index in [0.29, 0.717) is 6.04 Å². The van der Waals surface area contributed by atoms with E-state index in [1.807, 2.05) is 7.05 Å². The average molecular weight is 316 g/mol. The number of hydrogen-bond acceptors (Lipinski definition) is 3. The van der Waals surface area contributed by atoms with Gasteiger partial charge in [0.1, 0.15) is 0 Å². The third-order valence-electron chi connectivity index (χ3n) is 4.66. The summed E-state index contributed by atoms with van der Waals surface area (Å²) in [5.74, 6) is 0.892. The quantitative estimate of drug-likeness (QED) is 0.569. The molecule has 0 amide bonds. The molecule has 5 nitrogen and oxygen atoms in total. The number of nitrogens with one attached hydrogen (secondary N) is 2. The summed E-state index contributed by atoms with van der Waals surface area (Å²) < 4.78 is 0. The summed E-state index contributed by atoms with van der Waals surface area (Å²) in [4.78, 5) is 6.73. The number of hydrogen-bond donors (Lipinski definition) is 3. The van der Waals surface area contributed by atoms with Crippen LogP contribution in [-0.4, -0.2) is 48.2 Å². The zero-order valence-corrected chi connectivity index (χ0v) is 14.0. The highest BCUT2D eigenvalue weighted by atomic mass is 16.3. The maximum atomic E-state index is 9.64. The van der Waals surface area contributed by atoms with Crippen molar-refractivity contribution in [1.82, 2.24) is 15.5 Å². The van der Waals surface area contributed by atoms with Crippen LogP contribution >= 0.6 is 0 Å². The van der Waals surface area contributed by atoms with Gasteiger partial charge in [0.05, 0.1) is 6.10 Å². The standard InChI is InChI=1S/C18H28N4O/c1-19-18(21-16-6-7-16)20-12-14-4-2-3-5-15(14)13-22-10-8-17(23)9-11-22/h2-5,16-17,23H,6-13H2,1H3,(H2,19,20,21). The summed E-state index contributed by atoms with van der Waals surface area (Å²) in [5, 5.41) is 16.5. The highest BCUT2D eigenvalue weighted by molar-refractivity contribution is 5.80. The molecule has 0 atom stereocenters. The zero-order valence-electron chi connectivity index (χ0n) is 14.0. The van der Waals surface area contributed by atoms with Gasteiger partial charge in [0.25, 0.3) is 0 Å². The van der Waals surface area contributed by atoms with Gasteiger partial charge >= 0.3 is 0 Å². The highest BCUT2D eigenvalue weighted by Crippen LogP contribution is 2.19. The lowest BCUT2D eigenvalue weighted by atomic mass is 10.0. The summed E-state index contributed by atoms with van der Waals surface area (Å²) in [6, 6.07) is 9.20. The number of nitrogens with zero attached hydrogens (tertiary/aromatic N) is 2. The molecule has 1 saturated carbocycles. The van der Waals surface area contributed by atoms with Gasteiger partial charge in [-0.15, -0.1) is 0 Å². The number of piperidine rings is 1. The van der Waals surface area contributed by atoms with Gasteiger partial charge in [0, 0.05) is 39.3 Å². The molecule has 1 aliphatic carbocycles. The van der Waals surface area contributed by atoms with E-state index in [1.54, 1.807) is 0 Å². The van der Waals surface area contributed by atoms with Gasteiger partial charge in [-0.25, -0.2) is 0 Å². The first-order valence-corrected chi connectivity index (χ1v) is 8.69. The summed E-state index contributed by atoms with van der Waals surface area (Å²) in [7, 11) is 1.82. The van der Waals surface area contributed by atoms with Crippen LogP contribution in [0.1, 0.15) is 36.8 Å². The molecule has 1 aromatic carbocycles. The summed E-state index contributed by atoms with van der Waals surface area (Å²) in [6.07, 6.45) is 4.16. The fraction of sp³-hybridized carbons (Fsp3) is 0.611. The number of benzene rings is 1. The van der Waals surface area contributed by atoms with Crippen molar-refractivity contribution in [2.24, 2.45) is 4.99 Å². The predicted octanol–water partition coefficient (Wildman–Crippen LogP) is 1.47. The summed E-state index contributed by atoms with van der Waals surface area (Å²) in [5.41, 5.74) is 2.68. The summed E-state index contributed by atoms with van der Waals surface area (Å²) in [6.45, 7) is 3.71. The average Bonchev–Trinajstić information content (AvgIpc) is 3.39. The van der Waals surface area contributed by atoms with Crippen LogP contribution in [0.25, 0.3) is 0 Å². The molecule has 0 radical (unpaired) electrons. The van der Waals surface area contributed by atoms with Crippen molar-refractivity contribution in [3.63, 3.8) is 0 Å². The smallest absolute Gasteiger partial charge is 0.191 e. The SMILES string of the molecule is CN=C(NCc1ccccc1CN1CCC(O)CC1)NC1CC1. The first-order valence-electron chi connectivity index (χ1n) is 8.69. The molecule has 1 saturated heterocycles. The fourth-order valence-electron chi connectivity index (χ4n) is 3.00. The van der Waals surface area contributed by atoms with E-state index < -0.39 is 0 Å². The molecule has 23 heavy (non-hydrogen) atoms. The molecular formula is C18H28N4O. The molecule has 0 bridgehead atoms. The molecule has 0 spiro atoms. The number of likely N-dealkylation sites (tertiary alicyclic amines) is 1. The largest absolute Gasteiger partial charge is 0.393 e. The Hall–Kier alpha value is -1.59. The predicted molar refractivity (Wildman–Crippen MR) is 93.3 cm³/mol. The number of rotatable bonds is 5. The number of guanidine groups is 1. The van der Waals surface area contributed by atoms with E-state index in [-0.39, 0.29) is 6.10 Å². The first-order chi connectivity index (χ1) is 11.2. The highest BCUT2D eigenvalue weighted by Gasteiger charge is 2.22. The van der Waals surface area contributed by atoms with Crippen molar-refractivity contribution in [2.45, 2.75) is 50.9 Å². The van der Waals surface area contributed by atoms with Crippen LogP contribution in [-0.2, 0) is 13.1 Å². The van der Waals surface area contributed by atoms with E-state index >= 15 is 0 Å². The molecule has 2 aliphatic rings. The maximum absolute atomic E-state index is 9.64. The second kappa shape index (κ2) is 7.79. The molecule has 3 rings (SSSR count). The minimum Gasteiger partial charge on any atom is -0.393 e. The van der Waals surface area contributed by atoms with Crippen LogP contribution in [0, 0.1) is 0 Å². The van der Waals surface area contributed by atoms with E-state index in [9.17, 15) is 5.11 Å². The Morgan fingerprint density at radius 1 is 1.17 bits per heavy atom. The molecule has 126 valence electrons. The second-order valence-corrected chi connectivity index (χ2v) is 6.62. The molecule has 0 unspecified atom stereocenters. The Morgan fingerprint density at radius 3 is 2.52 bits per heavy atom.